The molecule has 0 aliphatic carbocycles. The Morgan fingerprint density at radius 3 is 2.53 bits per heavy atom. The van der Waals surface area contributed by atoms with Crippen molar-refractivity contribution in [1.82, 2.24) is 15.1 Å². The molecule has 0 saturated carbocycles. The summed E-state index contributed by atoms with van der Waals surface area (Å²) in [6.45, 7) is 4.61. The van der Waals surface area contributed by atoms with E-state index < -0.39 is 0 Å². The monoisotopic (exact) mass is 281 g/mol. The van der Waals surface area contributed by atoms with Crippen molar-refractivity contribution >= 4 is 11.6 Å². The Morgan fingerprint density at radius 2 is 2.00 bits per heavy atom. The maximum atomic E-state index is 12.9. The summed E-state index contributed by atoms with van der Waals surface area (Å²) in [5.74, 6) is -0.220. The van der Waals surface area contributed by atoms with Gasteiger partial charge in [-0.1, -0.05) is 23.7 Å². The quantitative estimate of drug-likeness (QED) is 0.931. The first-order chi connectivity index (χ1) is 8.99. The van der Waals surface area contributed by atoms with E-state index in [1.807, 2.05) is 20.9 Å². The molecule has 0 unspecified atom stereocenters. The average Bonchev–Trinajstić information content (AvgIpc) is 2.62. The van der Waals surface area contributed by atoms with Crippen molar-refractivity contribution < 1.29 is 4.39 Å². The highest BCUT2D eigenvalue weighted by molar-refractivity contribution is 6.30. The third-order valence-corrected chi connectivity index (χ3v) is 3.70. The van der Waals surface area contributed by atoms with Crippen LogP contribution in [0.3, 0.4) is 0 Å². The highest BCUT2D eigenvalue weighted by Crippen LogP contribution is 2.20. The van der Waals surface area contributed by atoms with Crippen LogP contribution in [-0.2, 0) is 13.6 Å². The molecule has 3 nitrogen and oxygen atoms in total. The summed E-state index contributed by atoms with van der Waals surface area (Å²) in [5.41, 5.74) is 2.96. The van der Waals surface area contributed by atoms with E-state index in [4.69, 9.17) is 11.6 Å². The van der Waals surface area contributed by atoms with Gasteiger partial charge in [-0.05, 0) is 31.5 Å². The number of nitrogens with zero attached hydrogens (tertiary/aromatic N) is 2. The summed E-state index contributed by atoms with van der Waals surface area (Å²) in [7, 11) is 1.82. The van der Waals surface area contributed by atoms with Gasteiger partial charge in [-0.15, -0.1) is 0 Å². The molecule has 2 rings (SSSR count). The Morgan fingerprint density at radius 1 is 1.37 bits per heavy atom. The molecule has 5 heteroatoms. The van der Waals surface area contributed by atoms with E-state index in [1.54, 1.807) is 16.8 Å². The fourth-order valence-corrected chi connectivity index (χ4v) is 2.24. The zero-order chi connectivity index (χ0) is 14.0. The maximum absolute atomic E-state index is 12.9. The predicted molar refractivity (Wildman–Crippen MR) is 74.6 cm³/mol. The minimum absolute atomic E-state index is 0.122. The molecule has 0 fully saturated rings. The van der Waals surface area contributed by atoms with Gasteiger partial charge in [-0.25, -0.2) is 4.39 Å². The fourth-order valence-electron chi connectivity index (χ4n) is 2.00. The SMILES string of the molecule is Cc1nn(C)c(Cl)c1CN[C@@H](C)c1ccc(F)cc1. The third-order valence-electron chi connectivity index (χ3n) is 3.22. The minimum Gasteiger partial charge on any atom is -0.306 e. The molecule has 0 spiro atoms. The molecule has 0 bridgehead atoms. The van der Waals surface area contributed by atoms with Gasteiger partial charge in [0, 0.05) is 25.2 Å². The summed E-state index contributed by atoms with van der Waals surface area (Å²) >= 11 is 6.18. The number of nitrogens with one attached hydrogen (secondary N) is 1. The maximum Gasteiger partial charge on any atom is 0.131 e. The van der Waals surface area contributed by atoms with Crippen LogP contribution < -0.4 is 5.32 Å². The van der Waals surface area contributed by atoms with Gasteiger partial charge >= 0.3 is 0 Å². The van der Waals surface area contributed by atoms with Gasteiger partial charge in [0.2, 0.25) is 0 Å². The molecule has 0 aliphatic heterocycles. The number of aromatic nitrogens is 2. The van der Waals surface area contributed by atoms with Crippen LogP contribution in [0, 0.1) is 12.7 Å². The smallest absolute Gasteiger partial charge is 0.131 e. The van der Waals surface area contributed by atoms with E-state index in [0.29, 0.717) is 11.7 Å². The molecule has 1 N–H and O–H groups in total. The van der Waals surface area contributed by atoms with Crippen molar-refractivity contribution in [2.45, 2.75) is 26.4 Å². The Balaban J connectivity index is 2.04. The van der Waals surface area contributed by atoms with Crippen LogP contribution in [0.5, 0.6) is 0 Å². The van der Waals surface area contributed by atoms with Crippen LogP contribution in [0.25, 0.3) is 0 Å². The number of benzene rings is 1. The normalized spacial score (nSPS) is 12.7. The number of halogens is 2. The van der Waals surface area contributed by atoms with E-state index in [2.05, 4.69) is 10.4 Å². The van der Waals surface area contributed by atoms with Crippen molar-refractivity contribution in [3.05, 3.63) is 52.1 Å². The lowest BCUT2D eigenvalue weighted by molar-refractivity contribution is 0.570. The largest absolute Gasteiger partial charge is 0.306 e. The lowest BCUT2D eigenvalue weighted by Gasteiger charge is -2.14. The second kappa shape index (κ2) is 5.72. The van der Waals surface area contributed by atoms with Crippen molar-refractivity contribution in [1.29, 1.82) is 0 Å². The molecule has 2 aromatic rings. The van der Waals surface area contributed by atoms with E-state index in [0.717, 1.165) is 16.8 Å². The predicted octanol–water partition coefficient (Wildman–Crippen LogP) is 3.37. The van der Waals surface area contributed by atoms with Gasteiger partial charge in [-0.3, -0.25) is 4.68 Å². The lowest BCUT2D eigenvalue weighted by atomic mass is 10.1. The van der Waals surface area contributed by atoms with Gasteiger partial charge in [-0.2, -0.15) is 5.10 Å². The Labute approximate surface area is 117 Å². The van der Waals surface area contributed by atoms with Crippen LogP contribution in [-0.4, -0.2) is 9.78 Å². The van der Waals surface area contributed by atoms with Crippen LogP contribution >= 0.6 is 11.6 Å². The number of hydrogen-bond acceptors (Lipinski definition) is 2. The van der Waals surface area contributed by atoms with Crippen LogP contribution in [0.2, 0.25) is 5.15 Å². The second-order valence-corrected chi connectivity index (χ2v) is 4.99. The first-order valence-electron chi connectivity index (χ1n) is 6.16. The summed E-state index contributed by atoms with van der Waals surface area (Å²) in [6, 6.07) is 6.62. The standard InChI is InChI=1S/C14H17ClFN3/c1-9(11-4-6-12(16)7-5-11)17-8-13-10(2)18-19(3)14(13)15/h4-7,9,17H,8H2,1-3H3/t9-/m0/s1. The van der Waals surface area contributed by atoms with Gasteiger partial charge < -0.3 is 5.32 Å². The number of aryl methyl sites for hydroxylation is 2. The zero-order valence-corrected chi connectivity index (χ0v) is 12.0. The van der Waals surface area contributed by atoms with Crippen molar-refractivity contribution in [3.8, 4) is 0 Å². The van der Waals surface area contributed by atoms with Crippen LogP contribution in [0.1, 0.15) is 29.8 Å². The molecule has 1 aromatic carbocycles. The molecule has 102 valence electrons. The number of rotatable bonds is 4. The molecule has 0 saturated heterocycles. The van der Waals surface area contributed by atoms with Crippen molar-refractivity contribution in [2.75, 3.05) is 0 Å². The highest BCUT2D eigenvalue weighted by Gasteiger charge is 2.12. The average molecular weight is 282 g/mol. The van der Waals surface area contributed by atoms with Crippen molar-refractivity contribution in [3.63, 3.8) is 0 Å². The first kappa shape index (κ1) is 14.0. The van der Waals surface area contributed by atoms with E-state index in [9.17, 15) is 4.39 Å². The molecule has 1 atom stereocenters. The Hall–Kier alpha value is -1.39. The topological polar surface area (TPSA) is 29.9 Å². The second-order valence-electron chi connectivity index (χ2n) is 4.63. The molecule has 0 radical (unpaired) electrons. The van der Waals surface area contributed by atoms with Crippen LogP contribution in [0.15, 0.2) is 24.3 Å². The minimum atomic E-state index is -0.220. The molecular formula is C14H17ClFN3. The van der Waals surface area contributed by atoms with Crippen LogP contribution in [0.4, 0.5) is 4.39 Å². The van der Waals surface area contributed by atoms with E-state index >= 15 is 0 Å². The Kier molecular flexibility index (Phi) is 4.22. The number of hydrogen-bond donors (Lipinski definition) is 1. The molecule has 0 aliphatic rings. The summed E-state index contributed by atoms with van der Waals surface area (Å²) in [4.78, 5) is 0. The molecule has 19 heavy (non-hydrogen) atoms. The van der Waals surface area contributed by atoms with Gasteiger partial charge in [0.15, 0.2) is 0 Å². The lowest BCUT2D eigenvalue weighted by Crippen LogP contribution is -2.18. The summed E-state index contributed by atoms with van der Waals surface area (Å²) in [5, 5.41) is 8.29. The molecular weight excluding hydrogens is 265 g/mol. The Bertz CT molecular complexity index is 563. The molecule has 1 aromatic heterocycles. The van der Waals surface area contributed by atoms with Gasteiger partial charge in [0.25, 0.3) is 0 Å². The summed E-state index contributed by atoms with van der Waals surface area (Å²) in [6.07, 6.45) is 0. The molecule has 0 amide bonds. The first-order valence-corrected chi connectivity index (χ1v) is 6.53. The van der Waals surface area contributed by atoms with Gasteiger partial charge in [0.05, 0.1) is 5.69 Å². The van der Waals surface area contributed by atoms with Gasteiger partial charge in [0.1, 0.15) is 11.0 Å². The molecule has 1 heterocycles. The fraction of sp³-hybridized carbons (Fsp3) is 0.357. The van der Waals surface area contributed by atoms with E-state index in [1.165, 1.54) is 12.1 Å². The van der Waals surface area contributed by atoms with E-state index in [-0.39, 0.29) is 11.9 Å². The van der Waals surface area contributed by atoms with Crippen molar-refractivity contribution in [2.24, 2.45) is 7.05 Å². The zero-order valence-electron chi connectivity index (χ0n) is 11.2. The highest BCUT2D eigenvalue weighted by atomic mass is 35.5. The third kappa shape index (κ3) is 3.14. The summed E-state index contributed by atoms with van der Waals surface area (Å²) < 4.78 is 14.5.